The number of morpholine rings is 1. The van der Waals surface area contributed by atoms with E-state index in [0.29, 0.717) is 37.6 Å². The van der Waals surface area contributed by atoms with E-state index in [9.17, 15) is 22.8 Å². The largest absolute Gasteiger partial charge is 0.497 e. The van der Waals surface area contributed by atoms with Gasteiger partial charge in [-0.15, -0.1) is 0 Å². The van der Waals surface area contributed by atoms with Crippen molar-refractivity contribution in [2.45, 2.75) is 11.8 Å². The highest BCUT2D eigenvalue weighted by molar-refractivity contribution is 8.18. The van der Waals surface area contributed by atoms with Crippen LogP contribution in [0.1, 0.15) is 12.5 Å². The lowest BCUT2D eigenvalue weighted by Crippen LogP contribution is -2.46. The number of carbonyl (C=O) groups excluding carboxylic acids is 3. The lowest BCUT2D eigenvalue weighted by Gasteiger charge is -2.28. The third-order valence-electron chi connectivity index (χ3n) is 5.64. The first-order chi connectivity index (χ1) is 18.2. The van der Waals surface area contributed by atoms with Gasteiger partial charge in [-0.05, 0) is 66.7 Å². The van der Waals surface area contributed by atoms with Gasteiger partial charge in [-0.2, -0.15) is 8.42 Å². The van der Waals surface area contributed by atoms with Crippen LogP contribution in [0.2, 0.25) is 0 Å². The van der Waals surface area contributed by atoms with Crippen molar-refractivity contribution < 1.29 is 41.2 Å². The smallest absolute Gasteiger partial charge is 0.339 e. The lowest BCUT2D eigenvalue weighted by atomic mass is 10.2. The summed E-state index contributed by atoms with van der Waals surface area (Å²) >= 11 is 0.724. The number of ether oxygens (including phenoxy) is 3. The first-order valence-electron chi connectivity index (χ1n) is 11.7. The van der Waals surface area contributed by atoms with Gasteiger partial charge in [0.15, 0.2) is 11.5 Å². The van der Waals surface area contributed by atoms with Crippen molar-refractivity contribution in [3.63, 3.8) is 0 Å². The molecule has 3 amide bonds. The van der Waals surface area contributed by atoms with E-state index in [1.54, 1.807) is 11.8 Å². The molecule has 0 unspecified atom stereocenters. The quantitative estimate of drug-likeness (QED) is 0.332. The predicted octanol–water partition coefficient (Wildman–Crippen LogP) is 2.76. The minimum absolute atomic E-state index is 0.0379. The van der Waals surface area contributed by atoms with Gasteiger partial charge in [0.05, 0.1) is 31.8 Å². The fraction of sp³-hybridized carbons (Fsp3) is 0.320. The Labute approximate surface area is 224 Å². The summed E-state index contributed by atoms with van der Waals surface area (Å²) in [5.41, 5.74) is 0.479. The molecule has 0 atom stereocenters. The van der Waals surface area contributed by atoms with Gasteiger partial charge in [0.2, 0.25) is 5.91 Å². The molecule has 4 rings (SSSR count). The normalized spacial score (nSPS) is 17.2. The van der Waals surface area contributed by atoms with Crippen LogP contribution in [0.4, 0.5) is 4.79 Å². The minimum atomic E-state index is -4.16. The van der Waals surface area contributed by atoms with E-state index in [-0.39, 0.29) is 40.4 Å². The first-order valence-corrected chi connectivity index (χ1v) is 13.9. The van der Waals surface area contributed by atoms with Gasteiger partial charge < -0.3 is 23.3 Å². The van der Waals surface area contributed by atoms with Gasteiger partial charge in [0, 0.05) is 13.1 Å². The molecule has 0 N–H and O–H groups in total. The number of hydrogen-bond acceptors (Lipinski definition) is 10. The summed E-state index contributed by atoms with van der Waals surface area (Å²) in [7, 11) is -2.69. The molecule has 2 aliphatic heterocycles. The fourth-order valence-corrected chi connectivity index (χ4v) is 5.47. The number of rotatable bonds is 9. The summed E-state index contributed by atoms with van der Waals surface area (Å²) in [6.45, 7) is 3.26. The van der Waals surface area contributed by atoms with E-state index in [1.165, 1.54) is 55.7 Å². The highest BCUT2D eigenvalue weighted by Crippen LogP contribution is 2.35. The molecule has 0 aliphatic carbocycles. The van der Waals surface area contributed by atoms with Crippen molar-refractivity contribution in [1.29, 1.82) is 0 Å². The summed E-state index contributed by atoms with van der Waals surface area (Å²) in [6.07, 6.45) is 1.48. The Morgan fingerprint density at radius 1 is 1.08 bits per heavy atom. The van der Waals surface area contributed by atoms with Gasteiger partial charge in [-0.3, -0.25) is 19.3 Å². The molecule has 202 valence electrons. The van der Waals surface area contributed by atoms with E-state index >= 15 is 0 Å². The third kappa shape index (κ3) is 6.29. The average Bonchev–Trinajstić information content (AvgIpc) is 3.17. The standard InChI is InChI=1S/C25H26N2O9S2/c1-3-35-21-14-17(4-9-20(21)36-38(31,32)19-7-5-18(33-2)6-8-19)15-22-24(29)27(25(30)37-22)16-23(28)26-10-12-34-13-11-26/h4-9,14-15H,3,10-13,16H2,1-2H3/b22-15-. The highest BCUT2D eigenvalue weighted by atomic mass is 32.2. The van der Waals surface area contributed by atoms with Crippen LogP contribution in [-0.4, -0.2) is 81.8 Å². The van der Waals surface area contributed by atoms with Crippen LogP contribution in [0, 0.1) is 0 Å². The number of thioether (sulfide) groups is 1. The topological polar surface area (TPSA) is 129 Å². The molecule has 0 bridgehead atoms. The molecule has 0 radical (unpaired) electrons. The number of hydrogen-bond donors (Lipinski definition) is 0. The molecule has 0 saturated carbocycles. The molecular formula is C25H26N2O9S2. The summed E-state index contributed by atoms with van der Waals surface area (Å²) in [5.74, 6) is -0.306. The van der Waals surface area contributed by atoms with Crippen LogP contribution in [0.25, 0.3) is 6.08 Å². The van der Waals surface area contributed by atoms with E-state index in [0.717, 1.165) is 16.7 Å². The minimum Gasteiger partial charge on any atom is -0.497 e. The zero-order valence-corrected chi connectivity index (χ0v) is 22.4. The SMILES string of the molecule is CCOc1cc(/C=C2\SC(=O)N(CC(=O)N3CCOCC3)C2=O)ccc1OS(=O)(=O)c1ccc(OC)cc1. The summed E-state index contributed by atoms with van der Waals surface area (Å²) < 4.78 is 46.7. The van der Waals surface area contributed by atoms with Gasteiger partial charge >= 0.3 is 10.1 Å². The Bertz CT molecular complexity index is 1350. The van der Waals surface area contributed by atoms with Crippen LogP contribution in [0.5, 0.6) is 17.2 Å². The van der Waals surface area contributed by atoms with Crippen molar-refractivity contribution >= 4 is 45.0 Å². The molecular weight excluding hydrogens is 536 g/mol. The lowest BCUT2D eigenvalue weighted by molar-refractivity contribution is -0.139. The molecule has 2 aliphatic rings. The van der Waals surface area contributed by atoms with Crippen molar-refractivity contribution in [1.82, 2.24) is 9.80 Å². The molecule has 2 heterocycles. The summed E-state index contributed by atoms with van der Waals surface area (Å²) in [5, 5.41) is -0.543. The molecule has 38 heavy (non-hydrogen) atoms. The van der Waals surface area contributed by atoms with Gasteiger partial charge in [-0.25, -0.2) is 0 Å². The van der Waals surface area contributed by atoms with E-state index in [1.807, 2.05) is 0 Å². The summed E-state index contributed by atoms with van der Waals surface area (Å²) in [6, 6.07) is 10.2. The second-order valence-corrected chi connectivity index (χ2v) is 10.7. The number of amides is 3. The number of carbonyl (C=O) groups is 3. The average molecular weight is 563 g/mol. The van der Waals surface area contributed by atoms with Crippen molar-refractivity contribution in [3.8, 4) is 17.2 Å². The monoisotopic (exact) mass is 562 g/mol. The predicted molar refractivity (Wildman–Crippen MR) is 138 cm³/mol. The number of methoxy groups -OCH3 is 1. The maximum atomic E-state index is 12.9. The maximum absolute atomic E-state index is 12.9. The summed E-state index contributed by atoms with van der Waals surface area (Å²) in [4.78, 5) is 40.4. The van der Waals surface area contributed by atoms with Gasteiger partial charge in [0.1, 0.15) is 17.2 Å². The van der Waals surface area contributed by atoms with Gasteiger partial charge in [0.25, 0.3) is 11.1 Å². The zero-order chi connectivity index (χ0) is 27.3. The molecule has 2 aromatic carbocycles. The van der Waals surface area contributed by atoms with Crippen molar-refractivity contribution in [2.24, 2.45) is 0 Å². The van der Waals surface area contributed by atoms with E-state index in [2.05, 4.69) is 0 Å². The number of imide groups is 1. The zero-order valence-electron chi connectivity index (χ0n) is 20.7. The maximum Gasteiger partial charge on any atom is 0.339 e. The fourth-order valence-electron chi connectivity index (χ4n) is 3.70. The second kappa shape index (κ2) is 11.9. The Hall–Kier alpha value is -3.55. The van der Waals surface area contributed by atoms with Crippen LogP contribution < -0.4 is 13.7 Å². The molecule has 2 saturated heterocycles. The number of nitrogens with zero attached hydrogens (tertiary/aromatic N) is 2. The van der Waals surface area contributed by atoms with Crippen LogP contribution in [-0.2, 0) is 24.4 Å². The Morgan fingerprint density at radius 3 is 2.45 bits per heavy atom. The molecule has 0 aromatic heterocycles. The molecule has 11 nitrogen and oxygen atoms in total. The second-order valence-electron chi connectivity index (χ2n) is 8.11. The van der Waals surface area contributed by atoms with Crippen molar-refractivity contribution in [2.75, 3.05) is 46.6 Å². The van der Waals surface area contributed by atoms with E-state index < -0.39 is 21.3 Å². The number of benzene rings is 2. The molecule has 2 fully saturated rings. The van der Waals surface area contributed by atoms with Crippen LogP contribution in [0.15, 0.2) is 52.3 Å². The van der Waals surface area contributed by atoms with Crippen LogP contribution in [0.3, 0.4) is 0 Å². The highest BCUT2D eigenvalue weighted by Gasteiger charge is 2.37. The van der Waals surface area contributed by atoms with Crippen LogP contribution >= 0.6 is 11.8 Å². The molecule has 13 heteroatoms. The Kier molecular flexibility index (Phi) is 8.59. The Morgan fingerprint density at radius 2 is 1.79 bits per heavy atom. The molecule has 0 spiro atoms. The van der Waals surface area contributed by atoms with Crippen molar-refractivity contribution in [3.05, 3.63) is 52.9 Å². The van der Waals surface area contributed by atoms with E-state index in [4.69, 9.17) is 18.4 Å². The first kappa shape index (κ1) is 27.5. The molecule has 2 aromatic rings. The third-order valence-corrected chi connectivity index (χ3v) is 7.80. The Balaban J connectivity index is 1.51. The van der Waals surface area contributed by atoms with Gasteiger partial charge in [-0.1, -0.05) is 6.07 Å².